The Kier molecular flexibility index (Phi) is 54.7. The minimum atomic E-state index is -2.46. The molecule has 0 aromatic carbocycles. The van der Waals surface area contributed by atoms with Gasteiger partial charge in [-0.25, -0.2) is 0 Å². The average Bonchev–Trinajstić information content (AvgIpc) is 3.09. The molecule has 0 bridgehead atoms. The molecule has 0 unspecified atom stereocenters. The van der Waals surface area contributed by atoms with Crippen molar-refractivity contribution >= 4 is 104 Å². The van der Waals surface area contributed by atoms with Crippen LogP contribution in [0, 0.1) is 0 Å². The van der Waals surface area contributed by atoms with Crippen LogP contribution in [0.25, 0.3) is 0 Å². The van der Waals surface area contributed by atoms with Crippen molar-refractivity contribution in [3.8, 4) is 0 Å². The first-order valence-corrected chi connectivity index (χ1v) is 30.4. The first-order valence-electron chi connectivity index (χ1n) is 17.2. The second-order valence-electron chi connectivity index (χ2n) is 9.06. The Morgan fingerprint density at radius 3 is 0.686 bits per heavy atom. The van der Waals surface area contributed by atoms with Crippen LogP contribution in [0.4, 0.5) is 0 Å². The molecule has 0 aliphatic heterocycles. The maximum atomic E-state index is 8.77. The lowest BCUT2D eigenvalue weighted by atomic mass is 10.5. The van der Waals surface area contributed by atoms with Crippen LogP contribution in [0.1, 0.15) is 81.6 Å². The summed E-state index contributed by atoms with van der Waals surface area (Å²) in [5.41, 5.74) is 0. The van der Waals surface area contributed by atoms with Gasteiger partial charge >= 0.3 is 26.4 Å². The van der Waals surface area contributed by atoms with Crippen LogP contribution in [-0.4, -0.2) is 106 Å². The molecule has 306 valence electrons. The number of rotatable bonds is 33. The lowest BCUT2D eigenvalue weighted by molar-refractivity contribution is 0.0691. The van der Waals surface area contributed by atoms with E-state index >= 15 is 0 Å². The Bertz CT molecular complexity index is 645. The molecule has 0 rings (SSSR count). The third-order valence-electron chi connectivity index (χ3n) is 5.59. The third kappa shape index (κ3) is 37.5. The molecule has 0 saturated carbocycles. The van der Waals surface area contributed by atoms with Gasteiger partial charge in [-0.15, -0.1) is 0 Å². The van der Waals surface area contributed by atoms with Gasteiger partial charge in [-0.3, -0.25) is 4.57 Å². The van der Waals surface area contributed by atoms with Gasteiger partial charge in [-0.1, -0.05) is 12.2 Å². The summed E-state index contributed by atoms with van der Waals surface area (Å²) in [6.45, 7) is 25.1. The van der Waals surface area contributed by atoms with Crippen LogP contribution in [0.3, 0.4) is 0 Å². The molecule has 0 N–H and O–H groups in total. The molecule has 0 radical (unpaired) electrons. The zero-order valence-electron chi connectivity index (χ0n) is 32.0. The van der Waals surface area contributed by atoms with Gasteiger partial charge in [0.05, 0.1) is 19.8 Å². The maximum absolute atomic E-state index is 8.77. The third-order valence-corrected chi connectivity index (χ3v) is 16.9. The SMILES string of the molecule is CCO[Si](CCCOP=S)(OCC)OCC.CCO[Si](CCCOP=S)(OCC)OCC.CCO[Si](CCCOP=S)(OCC)OCC.O=PS. The smallest absolute Gasteiger partial charge is 0.374 e. The molecule has 51 heavy (non-hydrogen) atoms. The fourth-order valence-electron chi connectivity index (χ4n) is 4.18. The Morgan fingerprint density at radius 1 is 0.412 bits per heavy atom. The number of thiol groups is 1. The summed E-state index contributed by atoms with van der Waals surface area (Å²) in [5.74, 6) is 0. The van der Waals surface area contributed by atoms with E-state index in [-0.39, 0.29) is 7.66 Å². The molecule has 0 aliphatic carbocycles. The normalized spacial score (nSPS) is 11.9. The quantitative estimate of drug-likeness (QED) is 0.0290. The molecule has 0 heterocycles. The highest BCUT2D eigenvalue weighted by molar-refractivity contribution is 8.33. The van der Waals surface area contributed by atoms with Gasteiger partial charge in [0, 0.05) is 77.6 Å². The van der Waals surface area contributed by atoms with E-state index in [9.17, 15) is 0 Å². The van der Waals surface area contributed by atoms with Gasteiger partial charge in [0.15, 0.2) is 0 Å². The van der Waals surface area contributed by atoms with Crippen LogP contribution in [0.15, 0.2) is 0 Å². The molecule has 0 fully saturated rings. The van der Waals surface area contributed by atoms with Crippen LogP contribution < -0.4 is 0 Å². The fourth-order valence-corrected chi connectivity index (χ4v) is 13.2. The van der Waals surface area contributed by atoms with Gasteiger partial charge in [0.25, 0.3) is 0 Å². The van der Waals surface area contributed by atoms with Crippen LogP contribution in [-0.2, 0) is 93.4 Å². The molecule has 24 heteroatoms. The van der Waals surface area contributed by atoms with Crippen LogP contribution in [0.5, 0.6) is 0 Å². The van der Waals surface area contributed by atoms with Crippen LogP contribution in [0.2, 0.25) is 18.1 Å². The fraction of sp³-hybridized carbons (Fsp3) is 1.00. The highest BCUT2D eigenvalue weighted by Gasteiger charge is 2.41. The van der Waals surface area contributed by atoms with E-state index in [1.165, 1.54) is 0 Å². The van der Waals surface area contributed by atoms with E-state index in [0.29, 0.717) is 102 Å². The largest absolute Gasteiger partial charge is 0.501 e. The van der Waals surface area contributed by atoms with Crippen LogP contribution >= 0.6 is 42.7 Å². The highest BCUT2D eigenvalue weighted by atomic mass is 32.7. The standard InChI is InChI=1S/3C9H21O4PSSi.HOPS/c3*1-4-11-16(12-5-2,13-6-3)9-7-8-10-14-15;1-2-3/h3*4-9H2,1-3H3;(H,1,3). The summed E-state index contributed by atoms with van der Waals surface area (Å²) >= 11 is 17.2. The molecule has 0 atom stereocenters. The van der Waals surface area contributed by atoms with E-state index in [2.05, 4.69) is 47.7 Å². The van der Waals surface area contributed by atoms with Gasteiger partial charge in [-0.2, -0.15) is 0 Å². The Labute approximate surface area is 339 Å². The molecule has 0 saturated heterocycles. The van der Waals surface area contributed by atoms with Crippen molar-refractivity contribution in [2.75, 3.05) is 79.3 Å². The summed E-state index contributed by atoms with van der Waals surface area (Å²) in [5, 5.41) is 0. The predicted octanol–water partition coefficient (Wildman–Crippen LogP) is 9.42. The molecule has 0 spiro atoms. The second kappa shape index (κ2) is 46.6. The zero-order valence-corrected chi connectivity index (χ0v) is 41.9. The summed E-state index contributed by atoms with van der Waals surface area (Å²) in [6, 6.07) is 2.36. The van der Waals surface area contributed by atoms with Gasteiger partial charge in [0.1, 0.15) is 22.7 Å². The topological polar surface area (TPSA) is 128 Å². The molecule has 0 aromatic rings. The molecule has 0 aliphatic rings. The molecular formula is C27H64O13P4S4Si3. The first-order chi connectivity index (χ1) is 24.6. The average molecular weight is 933 g/mol. The van der Waals surface area contributed by atoms with Crippen molar-refractivity contribution in [1.82, 2.24) is 0 Å². The van der Waals surface area contributed by atoms with Crippen molar-refractivity contribution < 1.29 is 58.0 Å². The molecule has 13 nitrogen and oxygen atoms in total. The van der Waals surface area contributed by atoms with Crippen molar-refractivity contribution in [3.05, 3.63) is 0 Å². The van der Waals surface area contributed by atoms with Crippen molar-refractivity contribution in [1.29, 1.82) is 0 Å². The van der Waals surface area contributed by atoms with E-state index < -0.39 is 26.4 Å². The van der Waals surface area contributed by atoms with E-state index in [4.69, 9.17) is 58.0 Å². The highest BCUT2D eigenvalue weighted by Crippen LogP contribution is 2.21. The summed E-state index contributed by atoms with van der Waals surface area (Å²) in [7, 11) is -5.88. The zero-order chi connectivity index (χ0) is 39.5. The predicted molar refractivity (Wildman–Crippen MR) is 227 cm³/mol. The Hall–Kier alpha value is 2.18. The second-order valence-corrected chi connectivity index (χ2v) is 20.5. The van der Waals surface area contributed by atoms with E-state index in [0.717, 1.165) is 37.4 Å². The van der Waals surface area contributed by atoms with E-state index in [1.54, 1.807) is 0 Å². The van der Waals surface area contributed by atoms with Crippen molar-refractivity contribution in [2.45, 2.75) is 99.7 Å². The molecular weight excluding hydrogens is 869 g/mol. The van der Waals surface area contributed by atoms with Gasteiger partial charge in [-0.05, 0) is 117 Å². The van der Waals surface area contributed by atoms with Gasteiger partial charge < -0.3 is 53.4 Å². The summed E-state index contributed by atoms with van der Waals surface area (Å²) in [4.78, 5) is 0. The Morgan fingerprint density at radius 2 is 0.569 bits per heavy atom. The summed E-state index contributed by atoms with van der Waals surface area (Å²) in [6.07, 6.45) is 2.57. The van der Waals surface area contributed by atoms with Gasteiger partial charge in [0.2, 0.25) is 7.66 Å². The summed E-state index contributed by atoms with van der Waals surface area (Å²) < 4.78 is 75.4. The lowest BCUT2D eigenvalue weighted by Gasteiger charge is -2.28. The van der Waals surface area contributed by atoms with E-state index in [1.807, 2.05) is 62.3 Å². The first kappa shape index (κ1) is 59.9. The number of hydrogen-bond donors (Lipinski definition) is 1. The van der Waals surface area contributed by atoms with Crippen molar-refractivity contribution in [2.24, 2.45) is 0 Å². The lowest BCUT2D eigenvalue weighted by Crippen LogP contribution is -2.46. The Balaban J connectivity index is -0.000000312. The monoisotopic (exact) mass is 932 g/mol. The molecule has 0 amide bonds. The maximum Gasteiger partial charge on any atom is 0.501 e. The van der Waals surface area contributed by atoms with Crippen molar-refractivity contribution in [3.63, 3.8) is 0 Å². The number of hydrogen-bond acceptors (Lipinski definition) is 16. The molecule has 0 aromatic heterocycles. The minimum absolute atomic E-state index is 0.139. The minimum Gasteiger partial charge on any atom is -0.374 e.